The first-order chi connectivity index (χ1) is 8.06. The van der Waals surface area contributed by atoms with E-state index < -0.39 is 0 Å². The molecule has 0 bridgehead atoms. The van der Waals surface area contributed by atoms with Gasteiger partial charge in [0, 0.05) is 11.9 Å². The zero-order valence-corrected chi connectivity index (χ0v) is 10.4. The van der Waals surface area contributed by atoms with Crippen LogP contribution in [-0.4, -0.2) is 4.57 Å². The summed E-state index contributed by atoms with van der Waals surface area (Å²) in [6.07, 6.45) is 1.56. The summed E-state index contributed by atoms with van der Waals surface area (Å²) in [4.78, 5) is 11.7. The SMILES string of the molecule is Nc1ccc(Cn2cc(Cl)cc(Cl)c2=O)cc1. The van der Waals surface area contributed by atoms with E-state index in [9.17, 15) is 4.79 Å². The van der Waals surface area contributed by atoms with Gasteiger partial charge in [-0.05, 0) is 23.8 Å². The van der Waals surface area contributed by atoms with Crippen molar-refractivity contribution < 1.29 is 0 Å². The highest BCUT2D eigenvalue weighted by molar-refractivity contribution is 6.34. The molecule has 0 aliphatic rings. The van der Waals surface area contributed by atoms with Crippen molar-refractivity contribution in [2.75, 3.05) is 5.73 Å². The summed E-state index contributed by atoms with van der Waals surface area (Å²) in [6.45, 7) is 0.416. The van der Waals surface area contributed by atoms with Crippen molar-refractivity contribution in [1.82, 2.24) is 4.57 Å². The van der Waals surface area contributed by atoms with Crippen LogP contribution in [0.1, 0.15) is 5.56 Å². The summed E-state index contributed by atoms with van der Waals surface area (Å²) in [5.41, 5.74) is 6.97. The fraction of sp³-hybridized carbons (Fsp3) is 0.0833. The molecule has 0 unspecified atom stereocenters. The Morgan fingerprint density at radius 2 is 1.82 bits per heavy atom. The van der Waals surface area contributed by atoms with E-state index in [0.29, 0.717) is 17.3 Å². The predicted molar refractivity (Wildman–Crippen MR) is 70.7 cm³/mol. The molecule has 0 atom stereocenters. The first-order valence-electron chi connectivity index (χ1n) is 4.96. The number of aromatic nitrogens is 1. The van der Waals surface area contributed by atoms with Crippen molar-refractivity contribution >= 4 is 28.9 Å². The van der Waals surface area contributed by atoms with Gasteiger partial charge in [-0.2, -0.15) is 0 Å². The summed E-state index contributed by atoms with van der Waals surface area (Å²) >= 11 is 11.6. The lowest BCUT2D eigenvalue weighted by Crippen LogP contribution is -2.20. The summed E-state index contributed by atoms with van der Waals surface area (Å²) in [6, 6.07) is 8.72. The number of halogens is 2. The van der Waals surface area contributed by atoms with Crippen LogP contribution in [0.5, 0.6) is 0 Å². The van der Waals surface area contributed by atoms with E-state index in [1.807, 2.05) is 12.1 Å². The van der Waals surface area contributed by atoms with Crippen molar-refractivity contribution in [3.63, 3.8) is 0 Å². The molecule has 1 aromatic heterocycles. The number of nitrogen functional groups attached to an aromatic ring is 1. The van der Waals surface area contributed by atoms with E-state index in [2.05, 4.69) is 0 Å². The van der Waals surface area contributed by atoms with Gasteiger partial charge in [0.2, 0.25) is 0 Å². The van der Waals surface area contributed by atoms with Crippen molar-refractivity contribution in [1.29, 1.82) is 0 Å². The molecule has 0 aliphatic heterocycles. The van der Waals surface area contributed by atoms with Crippen LogP contribution in [-0.2, 0) is 6.54 Å². The highest BCUT2D eigenvalue weighted by Crippen LogP contribution is 2.13. The first kappa shape index (κ1) is 12.0. The molecule has 88 valence electrons. The topological polar surface area (TPSA) is 48.0 Å². The smallest absolute Gasteiger partial charge is 0.269 e. The van der Waals surface area contributed by atoms with Crippen LogP contribution in [0.2, 0.25) is 10.0 Å². The van der Waals surface area contributed by atoms with Gasteiger partial charge in [0.05, 0.1) is 11.6 Å². The second-order valence-electron chi connectivity index (χ2n) is 3.68. The molecule has 0 aliphatic carbocycles. The third-order valence-corrected chi connectivity index (χ3v) is 2.82. The van der Waals surface area contributed by atoms with Crippen LogP contribution in [0.15, 0.2) is 41.3 Å². The normalized spacial score (nSPS) is 10.5. The number of pyridine rings is 1. The molecule has 3 nitrogen and oxygen atoms in total. The van der Waals surface area contributed by atoms with E-state index >= 15 is 0 Å². The quantitative estimate of drug-likeness (QED) is 0.852. The average molecular weight is 269 g/mol. The van der Waals surface area contributed by atoms with Gasteiger partial charge in [-0.15, -0.1) is 0 Å². The van der Waals surface area contributed by atoms with Crippen molar-refractivity contribution in [2.24, 2.45) is 0 Å². The molecular weight excluding hydrogens is 259 g/mol. The maximum absolute atomic E-state index is 11.7. The molecule has 0 amide bonds. The van der Waals surface area contributed by atoms with E-state index in [4.69, 9.17) is 28.9 Å². The highest BCUT2D eigenvalue weighted by atomic mass is 35.5. The number of anilines is 1. The summed E-state index contributed by atoms with van der Waals surface area (Å²) in [5.74, 6) is 0. The Labute approximate surface area is 108 Å². The van der Waals surface area contributed by atoms with Crippen LogP contribution in [0.25, 0.3) is 0 Å². The highest BCUT2D eigenvalue weighted by Gasteiger charge is 2.04. The maximum Gasteiger partial charge on any atom is 0.269 e. The standard InChI is InChI=1S/C12H10Cl2N2O/c13-9-5-11(14)12(17)16(7-9)6-8-1-3-10(15)4-2-8/h1-5,7H,6,15H2. The molecule has 0 radical (unpaired) electrons. The minimum absolute atomic E-state index is 0.118. The average Bonchev–Trinajstić information content (AvgIpc) is 2.28. The molecule has 2 aromatic rings. The lowest BCUT2D eigenvalue weighted by Gasteiger charge is -2.07. The largest absolute Gasteiger partial charge is 0.399 e. The first-order valence-corrected chi connectivity index (χ1v) is 5.72. The second-order valence-corrected chi connectivity index (χ2v) is 4.52. The Balaban J connectivity index is 2.36. The Hall–Kier alpha value is -1.45. The molecule has 2 N–H and O–H groups in total. The minimum Gasteiger partial charge on any atom is -0.399 e. The number of nitrogens with zero attached hydrogens (tertiary/aromatic N) is 1. The van der Waals surface area contributed by atoms with Gasteiger partial charge in [-0.1, -0.05) is 35.3 Å². The van der Waals surface area contributed by atoms with Gasteiger partial charge in [0.15, 0.2) is 0 Å². The minimum atomic E-state index is -0.257. The number of hydrogen-bond acceptors (Lipinski definition) is 2. The molecule has 17 heavy (non-hydrogen) atoms. The van der Waals surface area contributed by atoms with Crippen LogP contribution >= 0.6 is 23.2 Å². The zero-order valence-electron chi connectivity index (χ0n) is 8.86. The van der Waals surface area contributed by atoms with Crippen molar-refractivity contribution in [2.45, 2.75) is 6.54 Å². The molecule has 1 aromatic carbocycles. The van der Waals surface area contributed by atoms with E-state index in [-0.39, 0.29) is 10.6 Å². The van der Waals surface area contributed by atoms with Gasteiger partial charge in [0.1, 0.15) is 5.02 Å². The van der Waals surface area contributed by atoms with E-state index in [1.54, 1.807) is 18.3 Å². The lowest BCUT2D eigenvalue weighted by molar-refractivity contribution is 0.760. The molecule has 0 fully saturated rings. The predicted octanol–water partition coefficient (Wildman–Crippen LogP) is 2.79. The fourth-order valence-corrected chi connectivity index (χ4v) is 2.01. The van der Waals surface area contributed by atoms with Crippen molar-refractivity contribution in [3.05, 3.63) is 62.5 Å². The van der Waals surface area contributed by atoms with Gasteiger partial charge >= 0.3 is 0 Å². The van der Waals surface area contributed by atoms with Gasteiger partial charge < -0.3 is 10.3 Å². The molecule has 1 heterocycles. The number of rotatable bonds is 2. The lowest BCUT2D eigenvalue weighted by atomic mass is 10.2. The Bertz CT molecular complexity index is 590. The third kappa shape index (κ3) is 2.81. The van der Waals surface area contributed by atoms with Gasteiger partial charge in [-0.25, -0.2) is 0 Å². The second kappa shape index (κ2) is 4.82. The monoisotopic (exact) mass is 268 g/mol. The molecule has 0 saturated heterocycles. The van der Waals surface area contributed by atoms with Crippen LogP contribution in [0, 0.1) is 0 Å². The van der Waals surface area contributed by atoms with Gasteiger partial charge in [-0.3, -0.25) is 4.79 Å². The Morgan fingerprint density at radius 1 is 1.18 bits per heavy atom. The summed E-state index contributed by atoms with van der Waals surface area (Å²) < 4.78 is 1.47. The maximum atomic E-state index is 11.7. The zero-order chi connectivity index (χ0) is 12.4. The number of benzene rings is 1. The molecular formula is C12H10Cl2N2O. The third-order valence-electron chi connectivity index (χ3n) is 2.34. The van der Waals surface area contributed by atoms with E-state index in [1.165, 1.54) is 10.6 Å². The van der Waals surface area contributed by atoms with Crippen molar-refractivity contribution in [3.8, 4) is 0 Å². The molecule has 5 heteroatoms. The molecule has 0 spiro atoms. The van der Waals surface area contributed by atoms with Crippen LogP contribution in [0.4, 0.5) is 5.69 Å². The Morgan fingerprint density at radius 3 is 2.47 bits per heavy atom. The summed E-state index contributed by atoms with van der Waals surface area (Å²) in [5, 5.41) is 0.554. The van der Waals surface area contributed by atoms with Crippen LogP contribution < -0.4 is 11.3 Å². The van der Waals surface area contributed by atoms with Crippen LogP contribution in [0.3, 0.4) is 0 Å². The number of hydrogen-bond donors (Lipinski definition) is 1. The van der Waals surface area contributed by atoms with E-state index in [0.717, 1.165) is 5.56 Å². The fourth-order valence-electron chi connectivity index (χ4n) is 1.50. The number of nitrogens with two attached hydrogens (primary N) is 1. The Kier molecular flexibility index (Phi) is 3.41. The summed E-state index contributed by atoms with van der Waals surface area (Å²) in [7, 11) is 0. The molecule has 2 rings (SSSR count). The van der Waals surface area contributed by atoms with Gasteiger partial charge in [0.25, 0.3) is 5.56 Å². The molecule has 0 saturated carbocycles.